The van der Waals surface area contributed by atoms with Gasteiger partial charge in [-0.3, -0.25) is 4.79 Å². The van der Waals surface area contributed by atoms with Crippen LogP contribution in [0.15, 0.2) is 23.2 Å². The van der Waals surface area contributed by atoms with Crippen LogP contribution >= 0.6 is 11.8 Å². The van der Waals surface area contributed by atoms with Crippen molar-refractivity contribution in [3.8, 4) is 6.07 Å². The second-order valence-electron chi connectivity index (χ2n) is 5.36. The molecule has 0 bridgehead atoms. The van der Waals surface area contributed by atoms with E-state index in [0.717, 1.165) is 43.4 Å². The lowest BCUT2D eigenvalue weighted by Gasteiger charge is -2.26. The first-order chi connectivity index (χ1) is 10.1. The van der Waals surface area contributed by atoms with Gasteiger partial charge in [0.05, 0.1) is 11.8 Å². The largest absolute Gasteiger partial charge is 0.384 e. The molecule has 3 N–H and O–H groups in total. The maximum Gasteiger partial charge on any atom is 0.231 e. The third-order valence-corrected chi connectivity index (χ3v) is 4.66. The number of thioether (sulfide) groups is 1. The van der Waals surface area contributed by atoms with Crippen molar-refractivity contribution in [3.63, 3.8) is 0 Å². The Labute approximate surface area is 129 Å². The van der Waals surface area contributed by atoms with Crippen molar-refractivity contribution in [2.24, 2.45) is 0 Å². The fourth-order valence-corrected chi connectivity index (χ4v) is 3.19. The number of amides is 1. The third-order valence-electron chi connectivity index (χ3n) is 3.68. The third kappa shape index (κ3) is 4.64. The summed E-state index contributed by atoms with van der Waals surface area (Å²) >= 11 is 1.40. The molecule has 112 valence electrons. The Morgan fingerprint density at radius 2 is 2.10 bits per heavy atom. The fraction of sp³-hybridized carbons (Fsp3) is 0.533. The lowest BCUT2D eigenvalue weighted by Crippen LogP contribution is -2.47. The molecule has 1 fully saturated rings. The molecule has 1 aliphatic carbocycles. The van der Waals surface area contributed by atoms with Crippen LogP contribution in [-0.2, 0) is 4.79 Å². The van der Waals surface area contributed by atoms with E-state index >= 15 is 0 Å². The summed E-state index contributed by atoms with van der Waals surface area (Å²) in [5, 5.41) is 12.4. The molecule has 1 aromatic heterocycles. The number of nitrogens with one attached hydrogen (secondary N) is 1. The van der Waals surface area contributed by atoms with E-state index in [2.05, 4.69) is 16.4 Å². The molecule has 0 saturated heterocycles. The number of nitrogens with zero attached hydrogens (tertiary/aromatic N) is 2. The summed E-state index contributed by atoms with van der Waals surface area (Å²) in [5.41, 5.74) is 4.85. The highest BCUT2D eigenvalue weighted by Gasteiger charge is 2.32. The lowest BCUT2D eigenvalue weighted by molar-refractivity contribution is -0.120. The van der Waals surface area contributed by atoms with Crippen molar-refractivity contribution in [3.05, 3.63) is 18.3 Å². The number of carbonyl (C=O) groups excluding carboxylic acids is 1. The normalized spacial score (nSPS) is 17.5. The number of hydrogen-bond acceptors (Lipinski definition) is 5. The molecule has 5 nitrogen and oxygen atoms in total. The van der Waals surface area contributed by atoms with Crippen molar-refractivity contribution in [1.29, 1.82) is 5.26 Å². The summed E-state index contributed by atoms with van der Waals surface area (Å²) in [4.78, 5) is 17.0. The molecule has 0 aliphatic heterocycles. The molecule has 0 atom stereocenters. The number of carbonyl (C=O) groups is 1. The Kier molecular flexibility index (Phi) is 5.45. The fourth-order valence-electron chi connectivity index (χ4n) is 2.53. The summed E-state index contributed by atoms with van der Waals surface area (Å²) in [7, 11) is 0. The maximum atomic E-state index is 12.1. The Morgan fingerprint density at radius 3 is 2.67 bits per heavy atom. The van der Waals surface area contributed by atoms with Gasteiger partial charge in [0.2, 0.25) is 5.91 Å². The zero-order valence-corrected chi connectivity index (χ0v) is 12.8. The van der Waals surface area contributed by atoms with Crippen LogP contribution in [0.25, 0.3) is 0 Å². The number of rotatable bonds is 4. The van der Waals surface area contributed by atoms with Crippen LogP contribution in [0, 0.1) is 11.3 Å². The summed E-state index contributed by atoms with van der Waals surface area (Å²) in [5.74, 6) is 0.653. The van der Waals surface area contributed by atoms with Crippen LogP contribution in [0.1, 0.15) is 38.5 Å². The highest BCUT2D eigenvalue weighted by Crippen LogP contribution is 2.27. The minimum atomic E-state index is -0.673. The average Bonchev–Trinajstić information content (AvgIpc) is 2.73. The van der Waals surface area contributed by atoms with Gasteiger partial charge in [0.15, 0.2) is 0 Å². The number of anilines is 1. The van der Waals surface area contributed by atoms with Crippen LogP contribution < -0.4 is 11.1 Å². The molecule has 1 heterocycles. The van der Waals surface area contributed by atoms with Crippen LogP contribution in [0.5, 0.6) is 0 Å². The first kappa shape index (κ1) is 15.6. The molecule has 1 saturated carbocycles. The molecule has 0 aromatic carbocycles. The Balaban J connectivity index is 1.88. The van der Waals surface area contributed by atoms with E-state index in [1.165, 1.54) is 11.8 Å². The quantitative estimate of drug-likeness (QED) is 0.658. The van der Waals surface area contributed by atoms with Gasteiger partial charge in [-0.1, -0.05) is 25.7 Å². The molecule has 6 heteroatoms. The second-order valence-corrected chi connectivity index (χ2v) is 6.41. The topological polar surface area (TPSA) is 91.8 Å². The van der Waals surface area contributed by atoms with E-state index in [1.807, 2.05) is 6.07 Å². The van der Waals surface area contributed by atoms with E-state index in [-0.39, 0.29) is 11.7 Å². The molecule has 1 aliphatic rings. The Hall–Kier alpha value is -1.74. The number of pyridine rings is 1. The SMILES string of the molecule is N#CC1(NC(=O)CSc2ccc(N)nc2)CCCCCC1. The number of nitrogens with two attached hydrogens (primary N) is 1. The van der Waals surface area contributed by atoms with E-state index < -0.39 is 5.54 Å². The predicted octanol–water partition coefficient (Wildman–Crippen LogP) is 2.49. The van der Waals surface area contributed by atoms with E-state index in [0.29, 0.717) is 5.82 Å². The summed E-state index contributed by atoms with van der Waals surface area (Å²) in [6, 6.07) is 5.87. The number of hydrogen-bond donors (Lipinski definition) is 2. The first-order valence-electron chi connectivity index (χ1n) is 7.20. The van der Waals surface area contributed by atoms with Gasteiger partial charge in [0, 0.05) is 11.1 Å². The molecular formula is C15H20N4OS. The van der Waals surface area contributed by atoms with Crippen LogP contribution in [0.3, 0.4) is 0 Å². The van der Waals surface area contributed by atoms with Crippen molar-refractivity contribution in [2.45, 2.75) is 49.0 Å². The molecule has 0 spiro atoms. The molecule has 1 aromatic rings. The van der Waals surface area contributed by atoms with Gasteiger partial charge in [0.25, 0.3) is 0 Å². The standard InChI is InChI=1S/C15H20N4OS/c16-11-15(7-3-1-2-4-8-15)19-14(20)10-21-12-5-6-13(17)18-9-12/h5-6,9H,1-4,7-8,10H2,(H2,17,18)(H,19,20). The van der Waals surface area contributed by atoms with Crippen molar-refractivity contribution in [2.75, 3.05) is 11.5 Å². The smallest absolute Gasteiger partial charge is 0.231 e. The van der Waals surface area contributed by atoms with Gasteiger partial charge in [-0.25, -0.2) is 4.98 Å². The minimum Gasteiger partial charge on any atom is -0.384 e. The van der Waals surface area contributed by atoms with E-state index in [1.54, 1.807) is 12.3 Å². The predicted molar refractivity (Wildman–Crippen MR) is 83.6 cm³/mol. The molecule has 0 unspecified atom stereocenters. The van der Waals surface area contributed by atoms with Gasteiger partial charge in [-0.05, 0) is 25.0 Å². The van der Waals surface area contributed by atoms with Crippen molar-refractivity contribution >= 4 is 23.5 Å². The van der Waals surface area contributed by atoms with Gasteiger partial charge < -0.3 is 11.1 Å². The molecular weight excluding hydrogens is 284 g/mol. The van der Waals surface area contributed by atoms with Gasteiger partial charge in [-0.2, -0.15) is 5.26 Å². The summed E-state index contributed by atoms with van der Waals surface area (Å²) in [6.45, 7) is 0. The van der Waals surface area contributed by atoms with Gasteiger partial charge in [-0.15, -0.1) is 11.8 Å². The molecule has 1 amide bonds. The zero-order chi connectivity index (χ0) is 15.1. The zero-order valence-electron chi connectivity index (χ0n) is 12.0. The average molecular weight is 304 g/mol. The highest BCUT2D eigenvalue weighted by molar-refractivity contribution is 8.00. The Bertz CT molecular complexity index is 515. The number of nitriles is 1. The first-order valence-corrected chi connectivity index (χ1v) is 8.19. The van der Waals surface area contributed by atoms with E-state index in [4.69, 9.17) is 5.73 Å². The van der Waals surface area contributed by atoms with Crippen LogP contribution in [0.2, 0.25) is 0 Å². The van der Waals surface area contributed by atoms with Crippen molar-refractivity contribution in [1.82, 2.24) is 10.3 Å². The lowest BCUT2D eigenvalue weighted by atomic mass is 9.92. The molecule has 2 rings (SSSR count). The van der Waals surface area contributed by atoms with Crippen LogP contribution in [-0.4, -0.2) is 22.2 Å². The van der Waals surface area contributed by atoms with Gasteiger partial charge >= 0.3 is 0 Å². The summed E-state index contributed by atoms with van der Waals surface area (Å²) < 4.78 is 0. The highest BCUT2D eigenvalue weighted by atomic mass is 32.2. The number of nitrogen functional groups attached to an aromatic ring is 1. The molecule has 0 radical (unpaired) electrons. The van der Waals surface area contributed by atoms with Crippen molar-refractivity contribution < 1.29 is 4.79 Å². The number of aromatic nitrogens is 1. The van der Waals surface area contributed by atoms with Crippen LogP contribution in [0.4, 0.5) is 5.82 Å². The molecule has 21 heavy (non-hydrogen) atoms. The second kappa shape index (κ2) is 7.32. The van der Waals surface area contributed by atoms with E-state index in [9.17, 15) is 10.1 Å². The van der Waals surface area contributed by atoms with Gasteiger partial charge in [0.1, 0.15) is 11.4 Å². The minimum absolute atomic E-state index is 0.0970. The summed E-state index contributed by atoms with van der Waals surface area (Å²) in [6.07, 6.45) is 7.45. The monoisotopic (exact) mass is 304 g/mol. The Morgan fingerprint density at radius 1 is 1.38 bits per heavy atom. The maximum absolute atomic E-state index is 12.1.